The number of hydrogen-bond donors (Lipinski definition) is 3. The Morgan fingerprint density at radius 2 is 2.26 bits per heavy atom. The van der Waals surface area contributed by atoms with Crippen molar-refractivity contribution in [3.8, 4) is 0 Å². The van der Waals surface area contributed by atoms with Gasteiger partial charge in [-0.1, -0.05) is 19.1 Å². The molecular formula is C15H19N3O. The van der Waals surface area contributed by atoms with Gasteiger partial charge >= 0.3 is 0 Å². The van der Waals surface area contributed by atoms with Crippen LogP contribution < -0.4 is 16.2 Å². The van der Waals surface area contributed by atoms with Crippen LogP contribution >= 0.6 is 0 Å². The highest BCUT2D eigenvalue weighted by atomic mass is 16.1. The van der Waals surface area contributed by atoms with Gasteiger partial charge < -0.3 is 15.6 Å². The molecule has 0 bridgehead atoms. The molecule has 0 saturated heterocycles. The molecular weight excluding hydrogens is 238 g/mol. The molecule has 0 saturated carbocycles. The highest BCUT2D eigenvalue weighted by molar-refractivity contribution is 5.93. The fourth-order valence-corrected chi connectivity index (χ4v) is 2.68. The van der Waals surface area contributed by atoms with Crippen LogP contribution in [-0.4, -0.2) is 18.1 Å². The topological polar surface area (TPSA) is 56.9 Å². The highest BCUT2D eigenvalue weighted by Gasteiger charge is 2.15. The Balaban J connectivity index is 2.12. The molecule has 3 N–H and O–H groups in total. The maximum absolute atomic E-state index is 12.1. The van der Waals surface area contributed by atoms with Crippen molar-refractivity contribution in [1.29, 1.82) is 0 Å². The van der Waals surface area contributed by atoms with Gasteiger partial charge in [0.1, 0.15) is 0 Å². The Labute approximate surface area is 112 Å². The van der Waals surface area contributed by atoms with Crippen LogP contribution in [0.2, 0.25) is 0 Å². The SMILES string of the molecule is CCNCc1ccc2c3c(c(=O)[nH]c2c1)CCCN3. The van der Waals surface area contributed by atoms with E-state index in [-0.39, 0.29) is 5.56 Å². The van der Waals surface area contributed by atoms with Gasteiger partial charge in [-0.3, -0.25) is 4.79 Å². The van der Waals surface area contributed by atoms with E-state index in [0.717, 1.165) is 54.6 Å². The third-order valence-electron chi connectivity index (χ3n) is 3.66. The van der Waals surface area contributed by atoms with Crippen molar-refractivity contribution in [2.24, 2.45) is 0 Å². The van der Waals surface area contributed by atoms with E-state index < -0.39 is 0 Å². The van der Waals surface area contributed by atoms with Gasteiger partial charge in [-0.25, -0.2) is 0 Å². The summed E-state index contributed by atoms with van der Waals surface area (Å²) in [4.78, 5) is 15.1. The number of pyridine rings is 1. The second-order valence-electron chi connectivity index (χ2n) is 5.00. The average molecular weight is 257 g/mol. The zero-order chi connectivity index (χ0) is 13.2. The summed E-state index contributed by atoms with van der Waals surface area (Å²) in [6.45, 7) is 4.81. The highest BCUT2D eigenvalue weighted by Crippen LogP contribution is 2.27. The van der Waals surface area contributed by atoms with E-state index in [0.29, 0.717) is 0 Å². The lowest BCUT2D eigenvalue weighted by molar-refractivity contribution is 0.727. The molecule has 3 rings (SSSR count). The van der Waals surface area contributed by atoms with Crippen molar-refractivity contribution < 1.29 is 0 Å². The molecule has 19 heavy (non-hydrogen) atoms. The maximum atomic E-state index is 12.1. The van der Waals surface area contributed by atoms with E-state index in [9.17, 15) is 4.79 Å². The zero-order valence-electron chi connectivity index (χ0n) is 11.2. The molecule has 2 aromatic rings. The Hall–Kier alpha value is -1.81. The molecule has 0 spiro atoms. The van der Waals surface area contributed by atoms with Gasteiger partial charge in [0.15, 0.2) is 0 Å². The van der Waals surface area contributed by atoms with E-state index in [1.807, 2.05) is 0 Å². The lowest BCUT2D eigenvalue weighted by atomic mass is 10.0. The maximum Gasteiger partial charge on any atom is 0.253 e. The summed E-state index contributed by atoms with van der Waals surface area (Å²) >= 11 is 0. The van der Waals surface area contributed by atoms with Crippen LogP contribution in [0, 0.1) is 0 Å². The van der Waals surface area contributed by atoms with Gasteiger partial charge in [-0.15, -0.1) is 0 Å². The number of benzene rings is 1. The Morgan fingerprint density at radius 1 is 1.37 bits per heavy atom. The third kappa shape index (κ3) is 2.24. The fourth-order valence-electron chi connectivity index (χ4n) is 2.68. The average Bonchev–Trinajstić information content (AvgIpc) is 2.45. The summed E-state index contributed by atoms with van der Waals surface area (Å²) in [6.07, 6.45) is 1.90. The molecule has 0 aliphatic carbocycles. The van der Waals surface area contributed by atoms with Gasteiger partial charge in [-0.2, -0.15) is 0 Å². The van der Waals surface area contributed by atoms with Crippen LogP contribution in [0.5, 0.6) is 0 Å². The van der Waals surface area contributed by atoms with Gasteiger partial charge in [0, 0.05) is 24.0 Å². The third-order valence-corrected chi connectivity index (χ3v) is 3.66. The van der Waals surface area contributed by atoms with Crippen LogP contribution in [0.25, 0.3) is 10.9 Å². The number of fused-ring (bicyclic) bond motifs is 3. The molecule has 0 fully saturated rings. The Bertz CT molecular complexity index is 660. The number of anilines is 1. The van der Waals surface area contributed by atoms with Gasteiger partial charge in [0.05, 0.1) is 11.2 Å². The first-order chi connectivity index (χ1) is 9.29. The second kappa shape index (κ2) is 5.05. The number of rotatable bonds is 3. The number of aromatic amines is 1. The number of hydrogen-bond acceptors (Lipinski definition) is 3. The monoisotopic (exact) mass is 257 g/mol. The first-order valence-electron chi connectivity index (χ1n) is 6.92. The van der Waals surface area contributed by atoms with Gasteiger partial charge in [-0.05, 0) is 31.0 Å². The lowest BCUT2D eigenvalue weighted by Crippen LogP contribution is -2.22. The smallest absolute Gasteiger partial charge is 0.253 e. The van der Waals surface area contributed by atoms with Crippen molar-refractivity contribution in [3.05, 3.63) is 39.7 Å². The van der Waals surface area contributed by atoms with E-state index in [2.05, 4.69) is 40.7 Å². The Morgan fingerprint density at radius 3 is 3.11 bits per heavy atom. The minimum atomic E-state index is 0.0512. The van der Waals surface area contributed by atoms with E-state index in [1.54, 1.807) is 0 Å². The normalized spacial score (nSPS) is 14.2. The van der Waals surface area contributed by atoms with Crippen LogP contribution in [0.15, 0.2) is 23.0 Å². The molecule has 0 unspecified atom stereocenters. The summed E-state index contributed by atoms with van der Waals surface area (Å²) in [5, 5.41) is 7.79. The standard InChI is InChI=1S/C15H19N3O/c1-2-16-9-10-5-6-11-13(8-10)18-15(19)12-4-3-7-17-14(11)12/h5-6,8,16-17H,2-4,7,9H2,1H3,(H,18,19). The predicted molar refractivity (Wildman–Crippen MR) is 78.8 cm³/mol. The van der Waals surface area contributed by atoms with E-state index >= 15 is 0 Å². The minimum Gasteiger partial charge on any atom is -0.384 e. The number of aromatic nitrogens is 1. The van der Waals surface area contributed by atoms with Crippen LogP contribution in [0.4, 0.5) is 5.69 Å². The second-order valence-corrected chi connectivity index (χ2v) is 5.00. The number of H-pyrrole nitrogens is 1. The number of nitrogens with one attached hydrogen (secondary N) is 3. The predicted octanol–water partition coefficient (Wildman–Crippen LogP) is 2.00. The fraction of sp³-hybridized carbons (Fsp3) is 0.400. The Kier molecular flexibility index (Phi) is 3.25. The quantitative estimate of drug-likeness (QED) is 0.788. The van der Waals surface area contributed by atoms with Crippen molar-refractivity contribution >= 4 is 16.6 Å². The van der Waals surface area contributed by atoms with Crippen molar-refractivity contribution in [2.75, 3.05) is 18.4 Å². The molecule has 1 aromatic carbocycles. The largest absolute Gasteiger partial charge is 0.384 e. The molecule has 1 aliphatic rings. The summed E-state index contributed by atoms with van der Waals surface area (Å²) in [6, 6.07) is 6.30. The minimum absolute atomic E-state index is 0.0512. The summed E-state index contributed by atoms with van der Waals surface area (Å²) in [5.41, 5.74) is 4.10. The molecule has 0 atom stereocenters. The van der Waals surface area contributed by atoms with Crippen LogP contribution in [0.1, 0.15) is 24.5 Å². The first-order valence-corrected chi connectivity index (χ1v) is 6.92. The van der Waals surface area contributed by atoms with E-state index in [4.69, 9.17) is 0 Å². The van der Waals surface area contributed by atoms with E-state index in [1.165, 1.54) is 5.56 Å². The molecule has 0 amide bonds. The zero-order valence-corrected chi connectivity index (χ0v) is 11.2. The summed E-state index contributed by atoms with van der Waals surface area (Å²) in [7, 11) is 0. The molecule has 100 valence electrons. The molecule has 1 aliphatic heterocycles. The molecule has 1 aromatic heterocycles. The first kappa shape index (κ1) is 12.2. The van der Waals surface area contributed by atoms with Crippen molar-refractivity contribution in [2.45, 2.75) is 26.3 Å². The molecule has 4 nitrogen and oxygen atoms in total. The molecule has 4 heteroatoms. The van der Waals surface area contributed by atoms with Gasteiger partial charge in [0.25, 0.3) is 5.56 Å². The summed E-state index contributed by atoms with van der Waals surface area (Å²) < 4.78 is 0. The molecule has 2 heterocycles. The van der Waals surface area contributed by atoms with Crippen LogP contribution in [-0.2, 0) is 13.0 Å². The lowest BCUT2D eigenvalue weighted by Gasteiger charge is -2.19. The van der Waals surface area contributed by atoms with Crippen molar-refractivity contribution in [1.82, 2.24) is 10.3 Å². The van der Waals surface area contributed by atoms with Crippen molar-refractivity contribution in [3.63, 3.8) is 0 Å². The summed E-state index contributed by atoms with van der Waals surface area (Å²) in [5.74, 6) is 0. The van der Waals surface area contributed by atoms with Gasteiger partial charge in [0.2, 0.25) is 0 Å². The molecule has 0 radical (unpaired) electrons. The van der Waals surface area contributed by atoms with Crippen LogP contribution in [0.3, 0.4) is 0 Å².